The van der Waals surface area contributed by atoms with Gasteiger partial charge in [0.2, 0.25) is 0 Å². The minimum atomic E-state index is -0.467. The van der Waals surface area contributed by atoms with Crippen LogP contribution in [-0.2, 0) is 16.2 Å². The lowest BCUT2D eigenvalue weighted by molar-refractivity contribution is -0.384. The van der Waals surface area contributed by atoms with Gasteiger partial charge in [0.25, 0.3) is 5.69 Å². The monoisotopic (exact) mass is 446 g/mol. The molecule has 3 aromatic rings. The quantitative estimate of drug-likeness (QED) is 0.242. The van der Waals surface area contributed by atoms with Gasteiger partial charge in [-0.3, -0.25) is 19.7 Å². The lowest BCUT2D eigenvalue weighted by Gasteiger charge is -2.28. The number of nitrogens with zero attached hydrogens (tertiary/aromatic N) is 4. The summed E-state index contributed by atoms with van der Waals surface area (Å²) >= 11 is 0. The van der Waals surface area contributed by atoms with Crippen molar-refractivity contribution < 1.29 is 19.2 Å². The number of Topliss-reactive ketones (excluding diaryl/α,β-unsaturated/α-hetero) is 2. The maximum atomic E-state index is 12.3. The molecule has 1 aliphatic rings. The molecule has 1 saturated carbocycles. The average Bonchev–Trinajstić information content (AvgIpc) is 3.24. The van der Waals surface area contributed by atoms with E-state index in [1.165, 1.54) is 16.8 Å². The third-order valence-electron chi connectivity index (χ3n) is 5.30. The summed E-state index contributed by atoms with van der Waals surface area (Å²) in [6, 6.07) is 13.2. The van der Waals surface area contributed by atoms with Gasteiger partial charge in [-0.15, -0.1) is 5.10 Å². The second-order valence-corrected chi connectivity index (χ2v) is 8.71. The maximum absolute atomic E-state index is 12.3. The van der Waals surface area contributed by atoms with E-state index in [1.54, 1.807) is 48.7 Å². The van der Waals surface area contributed by atoms with Crippen LogP contribution in [0, 0.1) is 15.5 Å². The molecule has 0 atom stereocenters. The van der Waals surface area contributed by atoms with Crippen molar-refractivity contribution in [1.29, 1.82) is 0 Å². The van der Waals surface area contributed by atoms with Gasteiger partial charge in [0.1, 0.15) is 18.1 Å². The third-order valence-corrected chi connectivity index (χ3v) is 5.30. The summed E-state index contributed by atoms with van der Waals surface area (Å²) in [5.74, 6) is 0.344. The van der Waals surface area contributed by atoms with Crippen LogP contribution in [0.15, 0.2) is 60.3 Å². The fraction of sp³-hybridized carbons (Fsp3) is 0.250. The standard InChI is InChI=1S/C24H22N4O5/c1-24(2)12-22(29)21(23(30)13-24)10-16-6-8-20(9-7-16)33-15-17-14-27(26-25-17)18-4-3-5-19(11-18)28(31)32/h3-11,14H,12-13,15H2,1-2H3. The first-order chi connectivity index (χ1) is 15.7. The molecule has 4 rings (SSSR count). The average molecular weight is 446 g/mol. The minimum absolute atomic E-state index is 0.0313. The minimum Gasteiger partial charge on any atom is -0.487 e. The molecule has 0 saturated heterocycles. The molecule has 9 heteroatoms. The van der Waals surface area contributed by atoms with Crippen molar-refractivity contribution in [1.82, 2.24) is 15.0 Å². The van der Waals surface area contributed by atoms with E-state index >= 15 is 0 Å². The molecular weight excluding hydrogens is 424 g/mol. The van der Waals surface area contributed by atoms with Crippen molar-refractivity contribution in [3.05, 3.63) is 81.7 Å². The summed E-state index contributed by atoms with van der Waals surface area (Å²) in [5, 5.41) is 19.0. The zero-order valence-corrected chi connectivity index (χ0v) is 18.2. The Morgan fingerprint density at radius 2 is 1.82 bits per heavy atom. The predicted molar refractivity (Wildman–Crippen MR) is 120 cm³/mol. The molecular formula is C24H22N4O5. The Bertz CT molecular complexity index is 1240. The SMILES string of the molecule is CC1(C)CC(=O)C(=Cc2ccc(OCc3cn(-c4cccc([N+](=O)[O-])c4)nn3)cc2)C(=O)C1. The van der Waals surface area contributed by atoms with Crippen LogP contribution in [0.25, 0.3) is 11.8 Å². The van der Waals surface area contributed by atoms with Gasteiger partial charge < -0.3 is 4.74 Å². The molecule has 0 radical (unpaired) electrons. The van der Waals surface area contributed by atoms with Crippen LogP contribution in [0.3, 0.4) is 0 Å². The van der Waals surface area contributed by atoms with E-state index < -0.39 is 4.92 Å². The van der Waals surface area contributed by atoms with Gasteiger partial charge in [-0.1, -0.05) is 37.3 Å². The zero-order valence-electron chi connectivity index (χ0n) is 18.2. The van der Waals surface area contributed by atoms with E-state index in [0.717, 1.165) is 5.56 Å². The molecule has 1 aliphatic carbocycles. The highest BCUT2D eigenvalue weighted by molar-refractivity contribution is 6.25. The fourth-order valence-electron chi connectivity index (χ4n) is 3.66. The van der Waals surface area contributed by atoms with Crippen LogP contribution in [0.2, 0.25) is 0 Å². The molecule has 0 amide bonds. The summed E-state index contributed by atoms with van der Waals surface area (Å²) in [5.41, 5.74) is 1.75. The van der Waals surface area contributed by atoms with Crippen molar-refractivity contribution in [2.75, 3.05) is 0 Å². The molecule has 1 fully saturated rings. The van der Waals surface area contributed by atoms with Gasteiger partial charge in [0.15, 0.2) is 11.6 Å². The van der Waals surface area contributed by atoms with E-state index in [0.29, 0.717) is 30.0 Å². The highest BCUT2D eigenvalue weighted by Crippen LogP contribution is 2.34. The number of benzene rings is 2. The number of ether oxygens (including phenoxy) is 1. The van der Waals surface area contributed by atoms with E-state index in [-0.39, 0.29) is 34.8 Å². The number of aromatic nitrogens is 3. The van der Waals surface area contributed by atoms with E-state index in [1.807, 2.05) is 13.8 Å². The number of rotatable bonds is 6. The molecule has 33 heavy (non-hydrogen) atoms. The van der Waals surface area contributed by atoms with Crippen molar-refractivity contribution in [3.63, 3.8) is 0 Å². The first kappa shape index (κ1) is 22.1. The summed E-state index contributed by atoms with van der Waals surface area (Å²) in [6.45, 7) is 4.00. The second-order valence-electron chi connectivity index (χ2n) is 8.71. The van der Waals surface area contributed by atoms with Crippen LogP contribution < -0.4 is 4.74 Å². The third kappa shape index (κ3) is 5.20. The number of ketones is 2. The van der Waals surface area contributed by atoms with Gasteiger partial charge in [-0.25, -0.2) is 4.68 Å². The molecule has 1 aromatic heterocycles. The Morgan fingerprint density at radius 3 is 2.48 bits per heavy atom. The number of carbonyl (C=O) groups is 2. The van der Waals surface area contributed by atoms with Crippen LogP contribution in [-0.4, -0.2) is 31.5 Å². The lowest BCUT2D eigenvalue weighted by Crippen LogP contribution is -2.31. The number of carbonyl (C=O) groups excluding carboxylic acids is 2. The first-order valence-electron chi connectivity index (χ1n) is 10.4. The van der Waals surface area contributed by atoms with Crippen molar-refractivity contribution in [2.45, 2.75) is 33.3 Å². The molecule has 0 aliphatic heterocycles. The molecule has 0 N–H and O–H groups in total. The van der Waals surface area contributed by atoms with E-state index in [9.17, 15) is 19.7 Å². The number of allylic oxidation sites excluding steroid dienone is 1. The van der Waals surface area contributed by atoms with Crippen molar-refractivity contribution >= 4 is 23.3 Å². The molecule has 0 spiro atoms. The molecule has 9 nitrogen and oxygen atoms in total. The number of hydrogen-bond donors (Lipinski definition) is 0. The largest absolute Gasteiger partial charge is 0.487 e. The number of nitro benzene ring substituents is 1. The topological polar surface area (TPSA) is 117 Å². The Hall–Kier alpha value is -4.14. The van der Waals surface area contributed by atoms with Gasteiger partial charge in [-0.2, -0.15) is 0 Å². The Kier molecular flexibility index (Phi) is 5.87. The summed E-state index contributed by atoms with van der Waals surface area (Å²) in [4.78, 5) is 35.2. The summed E-state index contributed by atoms with van der Waals surface area (Å²) in [7, 11) is 0. The smallest absolute Gasteiger partial charge is 0.271 e. The highest BCUT2D eigenvalue weighted by atomic mass is 16.6. The van der Waals surface area contributed by atoms with E-state index in [4.69, 9.17) is 4.74 Å². The zero-order chi connectivity index (χ0) is 23.6. The number of non-ortho nitro benzene ring substituents is 1. The summed E-state index contributed by atoms with van der Waals surface area (Å²) in [6.07, 6.45) is 4.00. The second kappa shape index (κ2) is 8.78. The number of nitro groups is 1. The van der Waals surface area contributed by atoms with E-state index in [2.05, 4.69) is 10.3 Å². The Labute approximate surface area is 189 Å². The molecule has 168 valence electrons. The van der Waals surface area contributed by atoms with Crippen LogP contribution in [0.1, 0.15) is 37.9 Å². The fourth-order valence-corrected chi connectivity index (χ4v) is 3.66. The van der Waals surface area contributed by atoms with Crippen molar-refractivity contribution in [2.24, 2.45) is 5.41 Å². The molecule has 0 bridgehead atoms. The van der Waals surface area contributed by atoms with Crippen LogP contribution in [0.5, 0.6) is 5.75 Å². The van der Waals surface area contributed by atoms with Gasteiger partial charge in [0.05, 0.1) is 22.4 Å². The first-order valence-corrected chi connectivity index (χ1v) is 10.4. The molecule has 1 heterocycles. The summed E-state index contributed by atoms with van der Waals surface area (Å²) < 4.78 is 7.18. The molecule has 0 unspecified atom stereocenters. The Balaban J connectivity index is 1.40. The van der Waals surface area contributed by atoms with Gasteiger partial charge in [0, 0.05) is 25.0 Å². The Morgan fingerprint density at radius 1 is 1.12 bits per heavy atom. The normalized spacial score (nSPS) is 15.4. The predicted octanol–water partition coefficient (Wildman–Crippen LogP) is 4.10. The van der Waals surface area contributed by atoms with Crippen LogP contribution >= 0.6 is 0 Å². The lowest BCUT2D eigenvalue weighted by atomic mass is 9.74. The van der Waals surface area contributed by atoms with Crippen molar-refractivity contribution in [3.8, 4) is 11.4 Å². The number of hydrogen-bond acceptors (Lipinski definition) is 7. The van der Waals surface area contributed by atoms with Gasteiger partial charge in [-0.05, 0) is 35.3 Å². The van der Waals surface area contributed by atoms with Gasteiger partial charge >= 0.3 is 0 Å². The highest BCUT2D eigenvalue weighted by Gasteiger charge is 2.35. The molecule has 2 aromatic carbocycles. The maximum Gasteiger partial charge on any atom is 0.271 e. The van der Waals surface area contributed by atoms with Crippen LogP contribution in [0.4, 0.5) is 5.69 Å².